The molecule has 104 valence electrons. The lowest BCUT2D eigenvalue weighted by molar-refractivity contribution is 1.21. The Bertz CT molecular complexity index is 965. The number of aromatic amines is 2. The topological polar surface area (TPSA) is 48.6 Å². The van der Waals surface area contributed by atoms with Gasteiger partial charge in [0.2, 0.25) is 0 Å². The van der Waals surface area contributed by atoms with Crippen molar-refractivity contribution in [2.24, 2.45) is 0 Å². The molecular formula is C16H11BrN2OS. The average Bonchev–Trinajstić information content (AvgIpc) is 3.07. The molecule has 0 aliphatic carbocycles. The van der Waals surface area contributed by atoms with Crippen LogP contribution in [0.1, 0.15) is 15.3 Å². The first-order valence-corrected chi connectivity index (χ1v) is 8.28. The molecule has 0 saturated heterocycles. The fourth-order valence-corrected chi connectivity index (χ4v) is 4.27. The molecule has 21 heavy (non-hydrogen) atoms. The number of hydrogen-bond donors (Lipinski definition) is 2. The van der Waals surface area contributed by atoms with Gasteiger partial charge in [-0.3, -0.25) is 0 Å². The van der Waals surface area contributed by atoms with E-state index in [9.17, 15) is 4.79 Å². The second-order valence-electron chi connectivity index (χ2n) is 4.93. The summed E-state index contributed by atoms with van der Waals surface area (Å²) in [6.45, 7) is 0. The van der Waals surface area contributed by atoms with Crippen molar-refractivity contribution in [3.05, 3.63) is 69.5 Å². The van der Waals surface area contributed by atoms with Gasteiger partial charge in [-0.15, -0.1) is 11.3 Å². The number of aromatic nitrogens is 2. The second kappa shape index (κ2) is 4.86. The van der Waals surface area contributed by atoms with Gasteiger partial charge < -0.3 is 9.97 Å². The van der Waals surface area contributed by atoms with E-state index in [1.807, 2.05) is 18.2 Å². The Morgan fingerprint density at radius 3 is 2.67 bits per heavy atom. The largest absolute Gasteiger partial charge is 0.323 e. The highest BCUT2D eigenvalue weighted by Gasteiger charge is 2.14. The van der Waals surface area contributed by atoms with Crippen LogP contribution in [0.5, 0.6) is 0 Å². The lowest BCUT2D eigenvalue weighted by Gasteiger charge is -2.07. The number of nitrogens with one attached hydrogen (secondary N) is 2. The number of H-pyrrole nitrogens is 2. The first kappa shape index (κ1) is 12.9. The first-order valence-electron chi connectivity index (χ1n) is 6.55. The number of thiophene rings is 1. The predicted molar refractivity (Wildman–Crippen MR) is 91.5 cm³/mol. The molecule has 0 fully saturated rings. The van der Waals surface area contributed by atoms with Crippen LogP contribution in [0.25, 0.3) is 21.1 Å². The van der Waals surface area contributed by atoms with Gasteiger partial charge in [-0.05, 0) is 35.2 Å². The summed E-state index contributed by atoms with van der Waals surface area (Å²) in [6.07, 6.45) is 0. The molecule has 2 aromatic heterocycles. The minimum absolute atomic E-state index is 0.123. The van der Waals surface area contributed by atoms with Crippen LogP contribution >= 0.6 is 27.3 Å². The molecule has 0 spiro atoms. The van der Waals surface area contributed by atoms with E-state index in [1.165, 1.54) is 15.0 Å². The van der Waals surface area contributed by atoms with Crippen LogP contribution < -0.4 is 5.69 Å². The number of fused-ring (bicyclic) bond motifs is 2. The average molecular weight is 359 g/mol. The molecule has 0 radical (unpaired) electrons. The Kier molecular flexibility index (Phi) is 2.97. The van der Waals surface area contributed by atoms with Crippen molar-refractivity contribution < 1.29 is 0 Å². The minimum Gasteiger partial charge on any atom is -0.306 e. The molecule has 0 aliphatic heterocycles. The van der Waals surface area contributed by atoms with Crippen molar-refractivity contribution in [3.8, 4) is 0 Å². The SMILES string of the molecule is O=c1[nH]c2ccc(C(Br)c3cc4ccccc4s3)cc2[nH]1. The Morgan fingerprint density at radius 1 is 1.00 bits per heavy atom. The van der Waals surface area contributed by atoms with E-state index >= 15 is 0 Å². The maximum absolute atomic E-state index is 11.3. The molecule has 0 saturated carbocycles. The van der Waals surface area contributed by atoms with Gasteiger partial charge in [0.1, 0.15) is 0 Å². The molecule has 0 amide bonds. The first-order chi connectivity index (χ1) is 10.2. The van der Waals surface area contributed by atoms with Crippen molar-refractivity contribution in [1.29, 1.82) is 0 Å². The fourth-order valence-electron chi connectivity index (χ4n) is 2.50. The molecule has 4 rings (SSSR count). The van der Waals surface area contributed by atoms with Crippen molar-refractivity contribution in [2.45, 2.75) is 4.83 Å². The number of alkyl halides is 1. The third-order valence-electron chi connectivity index (χ3n) is 3.53. The summed E-state index contributed by atoms with van der Waals surface area (Å²) < 4.78 is 1.29. The van der Waals surface area contributed by atoms with Crippen LogP contribution in [0.15, 0.2) is 53.3 Å². The third-order valence-corrected chi connectivity index (χ3v) is 6.03. The van der Waals surface area contributed by atoms with Gasteiger partial charge in [0.25, 0.3) is 0 Å². The number of halogens is 1. The Morgan fingerprint density at radius 2 is 1.81 bits per heavy atom. The van der Waals surface area contributed by atoms with Crippen LogP contribution in [-0.2, 0) is 0 Å². The van der Waals surface area contributed by atoms with Gasteiger partial charge in [0.05, 0.1) is 15.9 Å². The van der Waals surface area contributed by atoms with Gasteiger partial charge in [-0.25, -0.2) is 4.79 Å². The van der Waals surface area contributed by atoms with Crippen molar-refractivity contribution >= 4 is 48.4 Å². The summed E-state index contributed by atoms with van der Waals surface area (Å²) in [5.41, 5.74) is 2.63. The van der Waals surface area contributed by atoms with Gasteiger partial charge >= 0.3 is 5.69 Å². The normalized spacial score (nSPS) is 13.0. The van der Waals surface area contributed by atoms with Gasteiger partial charge in [-0.2, -0.15) is 0 Å². The molecule has 4 aromatic rings. The van der Waals surface area contributed by atoms with Crippen molar-refractivity contribution in [3.63, 3.8) is 0 Å². The molecule has 0 aliphatic rings. The summed E-state index contributed by atoms with van der Waals surface area (Å²) in [5.74, 6) is 0. The van der Waals surface area contributed by atoms with Gasteiger partial charge in [-0.1, -0.05) is 40.2 Å². The minimum atomic E-state index is -0.171. The van der Waals surface area contributed by atoms with Gasteiger partial charge in [0.15, 0.2) is 0 Å². The Balaban J connectivity index is 1.80. The lowest BCUT2D eigenvalue weighted by Crippen LogP contribution is -1.99. The quantitative estimate of drug-likeness (QED) is 0.507. The van der Waals surface area contributed by atoms with Crippen LogP contribution in [0.4, 0.5) is 0 Å². The molecular weight excluding hydrogens is 348 g/mol. The lowest BCUT2D eigenvalue weighted by atomic mass is 10.1. The number of hydrogen-bond acceptors (Lipinski definition) is 2. The zero-order chi connectivity index (χ0) is 14.4. The summed E-state index contributed by atoms with van der Waals surface area (Å²) in [7, 11) is 0. The van der Waals surface area contributed by atoms with E-state index in [0.29, 0.717) is 0 Å². The summed E-state index contributed by atoms with van der Waals surface area (Å²) in [4.78, 5) is 18.3. The molecule has 2 aromatic carbocycles. The molecule has 0 bridgehead atoms. The standard InChI is InChI=1S/C16H11BrN2OS/c17-15(14-8-9-3-1-2-4-13(9)21-14)10-5-6-11-12(7-10)19-16(20)18-11/h1-8,15H,(H2,18,19,20). The molecule has 2 N–H and O–H groups in total. The van der Waals surface area contributed by atoms with Gasteiger partial charge in [0, 0.05) is 9.58 Å². The zero-order valence-electron chi connectivity index (χ0n) is 10.9. The Hall–Kier alpha value is -1.85. The zero-order valence-corrected chi connectivity index (χ0v) is 13.3. The van der Waals surface area contributed by atoms with E-state index < -0.39 is 0 Å². The van der Waals surface area contributed by atoms with Crippen LogP contribution in [0, 0.1) is 0 Å². The summed E-state index contributed by atoms with van der Waals surface area (Å²) in [6, 6.07) is 16.6. The Labute approximate surface area is 132 Å². The highest BCUT2D eigenvalue weighted by atomic mass is 79.9. The van der Waals surface area contributed by atoms with Crippen molar-refractivity contribution in [1.82, 2.24) is 9.97 Å². The molecule has 3 nitrogen and oxygen atoms in total. The number of imidazole rings is 1. The number of benzene rings is 2. The van der Waals surface area contributed by atoms with Crippen LogP contribution in [0.3, 0.4) is 0 Å². The van der Waals surface area contributed by atoms with Crippen LogP contribution in [0.2, 0.25) is 0 Å². The highest BCUT2D eigenvalue weighted by Crippen LogP contribution is 2.38. The summed E-state index contributed by atoms with van der Waals surface area (Å²) >= 11 is 5.56. The monoisotopic (exact) mass is 358 g/mol. The molecule has 5 heteroatoms. The third kappa shape index (κ3) is 2.22. The summed E-state index contributed by atoms with van der Waals surface area (Å²) in [5, 5.41) is 1.26. The van der Waals surface area contributed by atoms with E-state index in [-0.39, 0.29) is 10.5 Å². The number of rotatable bonds is 2. The maximum atomic E-state index is 11.3. The molecule has 1 atom stereocenters. The maximum Gasteiger partial charge on any atom is 0.323 e. The van der Waals surface area contributed by atoms with E-state index in [1.54, 1.807) is 11.3 Å². The van der Waals surface area contributed by atoms with E-state index in [0.717, 1.165) is 16.6 Å². The fraction of sp³-hybridized carbons (Fsp3) is 0.0625. The highest BCUT2D eigenvalue weighted by molar-refractivity contribution is 9.09. The second-order valence-corrected chi connectivity index (χ2v) is 6.96. The molecule has 1 unspecified atom stereocenters. The smallest absolute Gasteiger partial charge is 0.306 e. The van der Waals surface area contributed by atoms with Crippen molar-refractivity contribution in [2.75, 3.05) is 0 Å². The van der Waals surface area contributed by atoms with Crippen LogP contribution in [-0.4, -0.2) is 9.97 Å². The van der Waals surface area contributed by atoms with E-state index in [2.05, 4.69) is 56.2 Å². The predicted octanol–water partition coefficient (Wildman–Crippen LogP) is 4.56. The van der Waals surface area contributed by atoms with E-state index in [4.69, 9.17) is 0 Å². The molecule has 2 heterocycles.